The summed E-state index contributed by atoms with van der Waals surface area (Å²) in [4.78, 5) is 14.0. The van der Waals surface area contributed by atoms with Crippen LogP contribution in [0.1, 0.15) is 29.5 Å². The lowest BCUT2D eigenvalue weighted by molar-refractivity contribution is -0.134. The number of likely N-dealkylation sites (tertiary alicyclic amines) is 1. The predicted molar refractivity (Wildman–Crippen MR) is 78.4 cm³/mol. The maximum absolute atomic E-state index is 12.2. The Morgan fingerprint density at radius 2 is 2.11 bits per heavy atom. The van der Waals surface area contributed by atoms with Gasteiger partial charge in [0, 0.05) is 32.0 Å². The standard InChI is InChI=1S/C16H24N2O/c1-12-5-6-13(2)14(9-12)16(11-17-3)7-8-18(4)15(19)10-16/h5-6,9,17H,7-8,10-11H2,1-4H3. The number of amides is 1. The van der Waals surface area contributed by atoms with Crippen molar-refractivity contribution in [2.45, 2.75) is 32.1 Å². The summed E-state index contributed by atoms with van der Waals surface area (Å²) >= 11 is 0. The average molecular weight is 260 g/mol. The fourth-order valence-electron chi connectivity index (χ4n) is 3.14. The van der Waals surface area contributed by atoms with Crippen molar-refractivity contribution in [3.8, 4) is 0 Å². The highest BCUT2D eigenvalue weighted by Gasteiger charge is 2.39. The average Bonchev–Trinajstić information content (AvgIpc) is 2.37. The fourth-order valence-corrected chi connectivity index (χ4v) is 3.14. The summed E-state index contributed by atoms with van der Waals surface area (Å²) in [7, 11) is 3.87. The van der Waals surface area contributed by atoms with Crippen molar-refractivity contribution in [2.24, 2.45) is 0 Å². The molecule has 1 saturated heterocycles. The molecule has 0 aliphatic carbocycles. The molecule has 1 amide bonds. The number of hydrogen-bond acceptors (Lipinski definition) is 2. The summed E-state index contributed by atoms with van der Waals surface area (Å²) in [6.07, 6.45) is 1.63. The molecule has 0 aromatic heterocycles. The predicted octanol–water partition coefficient (Wildman–Crippen LogP) is 2.01. The van der Waals surface area contributed by atoms with E-state index >= 15 is 0 Å². The SMILES string of the molecule is CNCC1(c2cc(C)ccc2C)CCN(C)C(=O)C1. The Kier molecular flexibility index (Phi) is 3.95. The number of carbonyl (C=O) groups is 1. The highest BCUT2D eigenvalue weighted by molar-refractivity contribution is 5.79. The van der Waals surface area contributed by atoms with E-state index in [0.29, 0.717) is 6.42 Å². The number of rotatable bonds is 3. The number of piperidine rings is 1. The first-order chi connectivity index (χ1) is 8.98. The summed E-state index contributed by atoms with van der Waals surface area (Å²) in [5.41, 5.74) is 3.85. The first-order valence-corrected chi connectivity index (χ1v) is 6.95. The van der Waals surface area contributed by atoms with Crippen molar-refractivity contribution in [2.75, 3.05) is 27.2 Å². The van der Waals surface area contributed by atoms with Gasteiger partial charge in [-0.25, -0.2) is 0 Å². The monoisotopic (exact) mass is 260 g/mol. The van der Waals surface area contributed by atoms with Crippen LogP contribution in [0.2, 0.25) is 0 Å². The highest BCUT2D eigenvalue weighted by Crippen LogP contribution is 2.37. The molecule has 1 heterocycles. The zero-order valence-corrected chi connectivity index (χ0v) is 12.4. The van der Waals surface area contributed by atoms with Crippen LogP contribution >= 0.6 is 0 Å². The van der Waals surface area contributed by atoms with Crippen LogP contribution in [0.4, 0.5) is 0 Å². The summed E-state index contributed by atoms with van der Waals surface area (Å²) in [6, 6.07) is 6.57. The van der Waals surface area contributed by atoms with Gasteiger partial charge in [-0.1, -0.05) is 23.8 Å². The third-order valence-electron chi connectivity index (χ3n) is 4.32. The van der Waals surface area contributed by atoms with Crippen LogP contribution in [-0.2, 0) is 10.2 Å². The quantitative estimate of drug-likeness (QED) is 0.901. The number of aryl methyl sites for hydroxylation is 2. The van der Waals surface area contributed by atoms with Crippen molar-refractivity contribution in [1.29, 1.82) is 0 Å². The Morgan fingerprint density at radius 3 is 2.74 bits per heavy atom. The third-order valence-corrected chi connectivity index (χ3v) is 4.32. The number of hydrogen-bond donors (Lipinski definition) is 1. The van der Waals surface area contributed by atoms with E-state index < -0.39 is 0 Å². The molecule has 0 radical (unpaired) electrons. The Bertz CT molecular complexity index is 484. The molecule has 19 heavy (non-hydrogen) atoms. The van der Waals surface area contributed by atoms with Crippen LogP contribution in [0.15, 0.2) is 18.2 Å². The molecule has 3 nitrogen and oxygen atoms in total. The molecule has 0 spiro atoms. The van der Waals surface area contributed by atoms with Crippen LogP contribution in [0.25, 0.3) is 0 Å². The molecular weight excluding hydrogens is 236 g/mol. The number of benzene rings is 1. The molecule has 1 aromatic rings. The van der Waals surface area contributed by atoms with E-state index in [-0.39, 0.29) is 11.3 Å². The summed E-state index contributed by atoms with van der Waals surface area (Å²) in [5, 5.41) is 3.29. The molecule has 1 aliphatic rings. The van der Waals surface area contributed by atoms with Crippen molar-refractivity contribution in [1.82, 2.24) is 10.2 Å². The number of nitrogens with zero attached hydrogens (tertiary/aromatic N) is 1. The van der Waals surface area contributed by atoms with E-state index in [0.717, 1.165) is 19.5 Å². The molecular formula is C16H24N2O. The highest BCUT2D eigenvalue weighted by atomic mass is 16.2. The van der Waals surface area contributed by atoms with Crippen molar-refractivity contribution in [3.05, 3.63) is 34.9 Å². The topological polar surface area (TPSA) is 32.3 Å². The first-order valence-electron chi connectivity index (χ1n) is 6.95. The second-order valence-corrected chi connectivity index (χ2v) is 5.87. The number of likely N-dealkylation sites (N-methyl/N-ethyl adjacent to an activating group) is 1. The van der Waals surface area contributed by atoms with E-state index in [4.69, 9.17) is 0 Å². The van der Waals surface area contributed by atoms with Gasteiger partial charge in [-0.2, -0.15) is 0 Å². The maximum atomic E-state index is 12.2. The second kappa shape index (κ2) is 5.33. The lowest BCUT2D eigenvalue weighted by atomic mass is 9.70. The van der Waals surface area contributed by atoms with Crippen molar-refractivity contribution in [3.63, 3.8) is 0 Å². The smallest absolute Gasteiger partial charge is 0.223 e. The lowest BCUT2D eigenvalue weighted by Gasteiger charge is -2.41. The molecule has 1 aliphatic heterocycles. The van der Waals surface area contributed by atoms with Gasteiger partial charge < -0.3 is 10.2 Å². The molecule has 0 saturated carbocycles. The van der Waals surface area contributed by atoms with Gasteiger partial charge in [0.2, 0.25) is 5.91 Å². The van der Waals surface area contributed by atoms with E-state index in [1.165, 1.54) is 16.7 Å². The Hall–Kier alpha value is -1.35. The number of carbonyl (C=O) groups excluding carboxylic acids is 1. The minimum atomic E-state index is -0.0472. The summed E-state index contributed by atoms with van der Waals surface area (Å²) in [5.74, 6) is 0.252. The molecule has 1 atom stereocenters. The summed E-state index contributed by atoms with van der Waals surface area (Å²) in [6.45, 7) is 5.96. The van der Waals surface area contributed by atoms with Gasteiger partial charge in [0.05, 0.1) is 0 Å². The maximum Gasteiger partial charge on any atom is 0.223 e. The van der Waals surface area contributed by atoms with Gasteiger partial charge in [0.1, 0.15) is 0 Å². The minimum Gasteiger partial charge on any atom is -0.346 e. The Balaban J connectivity index is 2.44. The van der Waals surface area contributed by atoms with Crippen LogP contribution < -0.4 is 5.32 Å². The van der Waals surface area contributed by atoms with Crippen molar-refractivity contribution >= 4 is 5.91 Å². The van der Waals surface area contributed by atoms with E-state index in [2.05, 4.69) is 37.4 Å². The van der Waals surface area contributed by atoms with Crippen LogP contribution in [0, 0.1) is 13.8 Å². The molecule has 2 rings (SSSR count). The van der Waals surface area contributed by atoms with Gasteiger partial charge in [0.25, 0.3) is 0 Å². The van der Waals surface area contributed by atoms with Crippen molar-refractivity contribution < 1.29 is 4.79 Å². The largest absolute Gasteiger partial charge is 0.346 e. The summed E-state index contributed by atoms with van der Waals surface area (Å²) < 4.78 is 0. The molecule has 3 heteroatoms. The zero-order valence-electron chi connectivity index (χ0n) is 12.4. The van der Waals surface area contributed by atoms with E-state index in [9.17, 15) is 4.79 Å². The van der Waals surface area contributed by atoms with Gasteiger partial charge in [-0.15, -0.1) is 0 Å². The Labute approximate surface area is 116 Å². The van der Waals surface area contributed by atoms with Gasteiger partial charge in [-0.05, 0) is 38.4 Å². The normalized spacial score (nSPS) is 23.8. The van der Waals surface area contributed by atoms with Gasteiger partial charge in [0.15, 0.2) is 0 Å². The minimum absolute atomic E-state index is 0.0472. The molecule has 0 bridgehead atoms. The van der Waals surface area contributed by atoms with Crippen LogP contribution in [0.5, 0.6) is 0 Å². The molecule has 1 N–H and O–H groups in total. The number of nitrogens with one attached hydrogen (secondary N) is 1. The third kappa shape index (κ3) is 2.66. The molecule has 1 unspecified atom stereocenters. The van der Waals surface area contributed by atoms with Crippen LogP contribution in [0.3, 0.4) is 0 Å². The van der Waals surface area contributed by atoms with E-state index in [1.807, 2.05) is 19.0 Å². The second-order valence-electron chi connectivity index (χ2n) is 5.87. The molecule has 104 valence electrons. The first kappa shape index (κ1) is 14.1. The molecule has 1 fully saturated rings. The molecule has 1 aromatic carbocycles. The van der Waals surface area contributed by atoms with Gasteiger partial charge in [-0.3, -0.25) is 4.79 Å². The lowest BCUT2D eigenvalue weighted by Crippen LogP contribution is -2.49. The fraction of sp³-hybridized carbons (Fsp3) is 0.562. The Morgan fingerprint density at radius 1 is 1.37 bits per heavy atom. The van der Waals surface area contributed by atoms with E-state index in [1.54, 1.807) is 0 Å². The van der Waals surface area contributed by atoms with Crippen LogP contribution in [-0.4, -0.2) is 38.0 Å². The zero-order chi connectivity index (χ0) is 14.0. The van der Waals surface area contributed by atoms with Gasteiger partial charge >= 0.3 is 0 Å².